The number of amides is 1. The number of β-amino-alcohol motifs (C(OH)–C–C–N with tert-alkyl or cyclic N) is 1. The molecule has 0 saturated heterocycles. The Morgan fingerprint density at radius 3 is 3.00 bits per heavy atom. The van der Waals surface area contributed by atoms with E-state index in [0.29, 0.717) is 25.1 Å². The monoisotopic (exact) mass is 266 g/mol. The van der Waals surface area contributed by atoms with Crippen molar-refractivity contribution in [1.82, 2.24) is 5.32 Å². The summed E-state index contributed by atoms with van der Waals surface area (Å²) in [6.07, 6.45) is 0.302. The molecule has 2 N–H and O–H groups in total. The summed E-state index contributed by atoms with van der Waals surface area (Å²) in [5.74, 6) is -0.309. The van der Waals surface area contributed by atoms with Crippen molar-refractivity contribution >= 4 is 11.6 Å². The number of nitrogens with one attached hydrogen (secondary N) is 1. The first-order valence-electron chi connectivity index (χ1n) is 6.59. The van der Waals surface area contributed by atoms with Crippen LogP contribution in [0.1, 0.15) is 18.9 Å². The molecular formula is C14H19FN2O2. The molecule has 104 valence electrons. The highest BCUT2D eigenvalue weighted by molar-refractivity contribution is 5.96. The topological polar surface area (TPSA) is 52.6 Å². The number of nitrogens with zero attached hydrogens (tertiary/aromatic N) is 1. The molecule has 0 spiro atoms. The Morgan fingerprint density at radius 1 is 1.47 bits per heavy atom. The number of carbonyl (C=O) groups excluding carboxylic acids is 1. The number of anilines is 1. The van der Waals surface area contributed by atoms with E-state index in [1.54, 1.807) is 11.0 Å². The molecule has 1 heterocycles. The van der Waals surface area contributed by atoms with Crippen molar-refractivity contribution in [3.05, 3.63) is 29.6 Å². The molecule has 0 aliphatic carbocycles. The first-order chi connectivity index (χ1) is 9.11. The minimum Gasteiger partial charge on any atom is -0.390 e. The van der Waals surface area contributed by atoms with Gasteiger partial charge in [-0.3, -0.25) is 4.79 Å². The van der Waals surface area contributed by atoms with Crippen LogP contribution >= 0.6 is 0 Å². The molecule has 1 atom stereocenters. The van der Waals surface area contributed by atoms with Gasteiger partial charge in [-0.15, -0.1) is 0 Å². The maximum Gasteiger partial charge on any atom is 0.227 e. The van der Waals surface area contributed by atoms with E-state index < -0.39 is 6.10 Å². The van der Waals surface area contributed by atoms with Gasteiger partial charge in [-0.1, -0.05) is 6.92 Å². The van der Waals surface area contributed by atoms with Gasteiger partial charge in [-0.05, 0) is 36.7 Å². The first-order valence-corrected chi connectivity index (χ1v) is 6.59. The molecule has 19 heavy (non-hydrogen) atoms. The standard InChI is InChI=1S/C14H19FN2O2/c1-2-16-8-12(18)9-17-13-5-4-11(15)7-10(13)3-6-14(17)19/h4-5,7,12,16,18H,2-3,6,8-9H2,1H3. The van der Waals surface area contributed by atoms with E-state index in [2.05, 4.69) is 5.32 Å². The van der Waals surface area contributed by atoms with Crippen LogP contribution in [0.3, 0.4) is 0 Å². The first kappa shape index (κ1) is 14.0. The molecule has 0 aromatic heterocycles. The number of benzene rings is 1. The van der Waals surface area contributed by atoms with E-state index >= 15 is 0 Å². The number of rotatable bonds is 5. The van der Waals surface area contributed by atoms with Crippen LogP contribution in [-0.2, 0) is 11.2 Å². The van der Waals surface area contributed by atoms with E-state index in [9.17, 15) is 14.3 Å². The summed E-state index contributed by atoms with van der Waals surface area (Å²) in [7, 11) is 0. The van der Waals surface area contributed by atoms with Gasteiger partial charge >= 0.3 is 0 Å². The molecule has 1 amide bonds. The third-order valence-corrected chi connectivity index (χ3v) is 3.26. The third-order valence-electron chi connectivity index (χ3n) is 3.26. The smallest absolute Gasteiger partial charge is 0.227 e. The van der Waals surface area contributed by atoms with Gasteiger partial charge in [0, 0.05) is 18.7 Å². The molecule has 2 rings (SSSR count). The molecule has 1 aromatic rings. The highest BCUT2D eigenvalue weighted by Crippen LogP contribution is 2.28. The van der Waals surface area contributed by atoms with Crippen molar-refractivity contribution in [1.29, 1.82) is 0 Å². The number of aliphatic hydroxyl groups is 1. The molecule has 1 aromatic carbocycles. The van der Waals surface area contributed by atoms with E-state index in [1.807, 2.05) is 6.92 Å². The number of halogens is 1. The van der Waals surface area contributed by atoms with Gasteiger partial charge in [-0.2, -0.15) is 0 Å². The number of aryl methyl sites for hydroxylation is 1. The van der Waals surface area contributed by atoms with E-state index in [0.717, 1.165) is 12.1 Å². The number of likely N-dealkylation sites (N-methyl/N-ethyl adjacent to an activating group) is 1. The molecule has 0 fully saturated rings. The Labute approximate surface area is 112 Å². The van der Waals surface area contributed by atoms with Crippen LogP contribution in [-0.4, -0.2) is 36.8 Å². The van der Waals surface area contributed by atoms with E-state index in [4.69, 9.17) is 0 Å². The van der Waals surface area contributed by atoms with E-state index in [-0.39, 0.29) is 18.3 Å². The van der Waals surface area contributed by atoms with Crippen molar-refractivity contribution in [2.75, 3.05) is 24.5 Å². The second-order valence-corrected chi connectivity index (χ2v) is 4.74. The van der Waals surface area contributed by atoms with Crippen LogP contribution in [0, 0.1) is 5.82 Å². The number of hydrogen-bond donors (Lipinski definition) is 2. The highest BCUT2D eigenvalue weighted by atomic mass is 19.1. The van der Waals surface area contributed by atoms with Gasteiger partial charge in [0.1, 0.15) is 5.82 Å². The number of carbonyl (C=O) groups is 1. The van der Waals surface area contributed by atoms with Gasteiger partial charge in [0.25, 0.3) is 0 Å². The second-order valence-electron chi connectivity index (χ2n) is 4.74. The predicted octanol–water partition coefficient (Wildman–Crippen LogP) is 1.08. The highest BCUT2D eigenvalue weighted by Gasteiger charge is 2.26. The van der Waals surface area contributed by atoms with Crippen molar-refractivity contribution in [3.63, 3.8) is 0 Å². The molecule has 0 radical (unpaired) electrons. The van der Waals surface area contributed by atoms with E-state index in [1.165, 1.54) is 12.1 Å². The summed E-state index contributed by atoms with van der Waals surface area (Å²) in [4.78, 5) is 13.5. The molecule has 1 unspecified atom stereocenters. The minimum absolute atomic E-state index is 0.0188. The second kappa shape index (κ2) is 6.12. The lowest BCUT2D eigenvalue weighted by atomic mass is 10.0. The zero-order valence-electron chi connectivity index (χ0n) is 11.0. The minimum atomic E-state index is -0.625. The Hall–Kier alpha value is -1.46. The number of aliphatic hydroxyl groups excluding tert-OH is 1. The van der Waals surface area contributed by atoms with Gasteiger partial charge in [-0.25, -0.2) is 4.39 Å². The summed E-state index contributed by atoms with van der Waals surface area (Å²) in [6.45, 7) is 3.41. The van der Waals surface area contributed by atoms with Gasteiger partial charge in [0.15, 0.2) is 0 Å². The Bertz CT molecular complexity index is 465. The van der Waals surface area contributed by atoms with Crippen LogP contribution in [0.25, 0.3) is 0 Å². The summed E-state index contributed by atoms with van der Waals surface area (Å²) in [5.41, 5.74) is 1.54. The molecular weight excluding hydrogens is 247 g/mol. The predicted molar refractivity (Wildman–Crippen MR) is 71.6 cm³/mol. The largest absolute Gasteiger partial charge is 0.390 e. The Kier molecular flexibility index (Phi) is 4.50. The van der Waals surface area contributed by atoms with Gasteiger partial charge < -0.3 is 15.3 Å². The molecule has 0 bridgehead atoms. The van der Waals surface area contributed by atoms with Crippen molar-refractivity contribution in [3.8, 4) is 0 Å². The summed E-state index contributed by atoms with van der Waals surface area (Å²) in [5, 5.41) is 12.9. The fourth-order valence-electron chi connectivity index (χ4n) is 2.31. The molecule has 0 saturated carbocycles. The lowest BCUT2D eigenvalue weighted by Gasteiger charge is -2.31. The summed E-state index contributed by atoms with van der Waals surface area (Å²) in [6, 6.07) is 4.42. The average Bonchev–Trinajstić information content (AvgIpc) is 2.39. The quantitative estimate of drug-likeness (QED) is 0.838. The zero-order chi connectivity index (χ0) is 13.8. The maximum atomic E-state index is 13.2. The van der Waals surface area contributed by atoms with Crippen molar-refractivity contribution in [2.45, 2.75) is 25.9 Å². The average molecular weight is 266 g/mol. The lowest BCUT2D eigenvalue weighted by Crippen LogP contribution is -2.43. The fraction of sp³-hybridized carbons (Fsp3) is 0.500. The van der Waals surface area contributed by atoms with Crippen LogP contribution in [0.15, 0.2) is 18.2 Å². The molecule has 4 nitrogen and oxygen atoms in total. The SMILES string of the molecule is CCNCC(O)CN1C(=O)CCc2cc(F)ccc21. The van der Waals surface area contributed by atoms with Crippen LogP contribution in [0.4, 0.5) is 10.1 Å². The summed E-state index contributed by atoms with van der Waals surface area (Å²) >= 11 is 0. The van der Waals surface area contributed by atoms with Crippen LogP contribution in [0.2, 0.25) is 0 Å². The zero-order valence-corrected chi connectivity index (χ0v) is 11.0. The summed E-state index contributed by atoms with van der Waals surface area (Å²) < 4.78 is 13.2. The molecule has 1 aliphatic rings. The van der Waals surface area contributed by atoms with Crippen LogP contribution < -0.4 is 10.2 Å². The number of hydrogen-bond acceptors (Lipinski definition) is 3. The van der Waals surface area contributed by atoms with Gasteiger partial charge in [0.2, 0.25) is 5.91 Å². The fourth-order valence-corrected chi connectivity index (χ4v) is 2.31. The van der Waals surface area contributed by atoms with Crippen molar-refractivity contribution in [2.24, 2.45) is 0 Å². The maximum absolute atomic E-state index is 13.2. The normalized spacial score (nSPS) is 16.4. The lowest BCUT2D eigenvalue weighted by molar-refractivity contribution is -0.119. The number of fused-ring (bicyclic) bond motifs is 1. The van der Waals surface area contributed by atoms with Crippen molar-refractivity contribution < 1.29 is 14.3 Å². The molecule has 1 aliphatic heterocycles. The van der Waals surface area contributed by atoms with Crippen LogP contribution in [0.5, 0.6) is 0 Å². The third kappa shape index (κ3) is 3.30. The Morgan fingerprint density at radius 2 is 2.26 bits per heavy atom. The molecule has 5 heteroatoms. The van der Waals surface area contributed by atoms with Gasteiger partial charge in [0.05, 0.1) is 12.6 Å². The Balaban J connectivity index is 2.14.